The van der Waals surface area contributed by atoms with E-state index in [9.17, 15) is 9.59 Å². The number of ketones is 1. The zero-order chi connectivity index (χ0) is 18.1. The van der Waals surface area contributed by atoms with Gasteiger partial charge in [-0.05, 0) is 43.7 Å². The highest BCUT2D eigenvalue weighted by Crippen LogP contribution is 2.24. The van der Waals surface area contributed by atoms with Gasteiger partial charge in [-0.15, -0.1) is 0 Å². The van der Waals surface area contributed by atoms with E-state index >= 15 is 0 Å². The van der Waals surface area contributed by atoms with Crippen LogP contribution in [0.4, 0.5) is 5.69 Å². The van der Waals surface area contributed by atoms with Gasteiger partial charge in [0.25, 0.3) is 0 Å². The summed E-state index contributed by atoms with van der Waals surface area (Å²) in [5.41, 5.74) is 1.03. The topological polar surface area (TPSA) is 64.6 Å². The van der Waals surface area contributed by atoms with Gasteiger partial charge in [0.2, 0.25) is 5.91 Å². The number of amides is 1. The lowest BCUT2D eigenvalue weighted by Crippen LogP contribution is -2.13. The van der Waals surface area contributed by atoms with Gasteiger partial charge >= 0.3 is 0 Å². The van der Waals surface area contributed by atoms with Gasteiger partial charge < -0.3 is 14.8 Å². The molecule has 5 heteroatoms. The summed E-state index contributed by atoms with van der Waals surface area (Å²) in [5, 5.41) is 2.78. The molecule has 0 aliphatic carbocycles. The van der Waals surface area contributed by atoms with Gasteiger partial charge in [0.15, 0.2) is 5.78 Å². The molecule has 0 aliphatic rings. The third kappa shape index (κ3) is 5.95. The SMILES string of the molecule is CCCC(=O)Nc1ccc(OCCOc2ccccc2)c(C(C)=O)c1. The van der Waals surface area contributed by atoms with E-state index in [1.807, 2.05) is 37.3 Å². The highest BCUT2D eigenvalue weighted by atomic mass is 16.5. The Balaban J connectivity index is 1.95. The maximum atomic E-state index is 11.9. The van der Waals surface area contributed by atoms with Gasteiger partial charge in [-0.1, -0.05) is 25.1 Å². The first kappa shape index (κ1) is 18.5. The van der Waals surface area contributed by atoms with E-state index in [2.05, 4.69) is 5.32 Å². The Morgan fingerprint density at radius 2 is 1.72 bits per heavy atom. The second-order valence-corrected chi connectivity index (χ2v) is 5.58. The summed E-state index contributed by atoms with van der Waals surface area (Å²) in [6.07, 6.45) is 1.22. The molecule has 0 saturated carbocycles. The second-order valence-electron chi connectivity index (χ2n) is 5.58. The van der Waals surface area contributed by atoms with Crippen LogP contribution in [-0.2, 0) is 4.79 Å². The molecule has 5 nitrogen and oxygen atoms in total. The molecule has 2 aromatic rings. The predicted molar refractivity (Wildman–Crippen MR) is 97.4 cm³/mol. The number of hydrogen-bond donors (Lipinski definition) is 1. The number of carbonyl (C=O) groups excluding carboxylic acids is 2. The first-order chi connectivity index (χ1) is 12.1. The van der Waals surface area contributed by atoms with E-state index in [1.54, 1.807) is 18.2 Å². The van der Waals surface area contributed by atoms with Crippen molar-refractivity contribution in [1.29, 1.82) is 0 Å². The molecule has 0 spiro atoms. The van der Waals surface area contributed by atoms with Gasteiger partial charge in [0, 0.05) is 12.1 Å². The molecular formula is C20H23NO4. The molecule has 2 rings (SSSR count). The number of anilines is 1. The van der Waals surface area contributed by atoms with Gasteiger partial charge in [-0.2, -0.15) is 0 Å². The normalized spacial score (nSPS) is 10.2. The number of para-hydroxylation sites is 1. The highest BCUT2D eigenvalue weighted by molar-refractivity contribution is 5.99. The molecule has 0 heterocycles. The van der Waals surface area contributed by atoms with Crippen molar-refractivity contribution in [3.8, 4) is 11.5 Å². The van der Waals surface area contributed by atoms with Crippen LogP contribution in [0.15, 0.2) is 48.5 Å². The zero-order valence-electron chi connectivity index (χ0n) is 14.6. The van der Waals surface area contributed by atoms with Crippen LogP contribution in [0.5, 0.6) is 11.5 Å². The van der Waals surface area contributed by atoms with Crippen LogP contribution in [0, 0.1) is 0 Å². The van der Waals surface area contributed by atoms with E-state index in [4.69, 9.17) is 9.47 Å². The Hall–Kier alpha value is -2.82. The summed E-state index contributed by atoms with van der Waals surface area (Å²) >= 11 is 0. The Bertz CT molecular complexity index is 713. The van der Waals surface area contributed by atoms with Gasteiger partial charge in [0.05, 0.1) is 5.56 Å². The first-order valence-electron chi connectivity index (χ1n) is 8.35. The molecule has 0 unspecified atom stereocenters. The van der Waals surface area contributed by atoms with Crippen LogP contribution in [0.2, 0.25) is 0 Å². The van der Waals surface area contributed by atoms with Gasteiger partial charge in [0.1, 0.15) is 24.7 Å². The lowest BCUT2D eigenvalue weighted by Gasteiger charge is -2.13. The Kier molecular flexibility index (Phi) is 7.01. The van der Waals surface area contributed by atoms with Crippen LogP contribution in [0.1, 0.15) is 37.0 Å². The van der Waals surface area contributed by atoms with Crippen LogP contribution < -0.4 is 14.8 Å². The van der Waals surface area contributed by atoms with Crippen LogP contribution in [0.25, 0.3) is 0 Å². The summed E-state index contributed by atoms with van der Waals surface area (Å²) in [5.74, 6) is 1.07. The minimum Gasteiger partial charge on any atom is -0.490 e. The number of Topliss-reactive ketones (excluding diaryl/α,β-unsaturated/α-hetero) is 1. The molecule has 132 valence electrons. The maximum absolute atomic E-state index is 11.9. The fourth-order valence-corrected chi connectivity index (χ4v) is 2.29. The van der Waals surface area contributed by atoms with Crippen LogP contribution >= 0.6 is 0 Å². The van der Waals surface area contributed by atoms with E-state index in [-0.39, 0.29) is 11.7 Å². The number of rotatable bonds is 9. The number of hydrogen-bond acceptors (Lipinski definition) is 4. The molecule has 0 fully saturated rings. The van der Waals surface area contributed by atoms with Crippen molar-refractivity contribution in [1.82, 2.24) is 0 Å². The van der Waals surface area contributed by atoms with Crippen molar-refractivity contribution in [2.45, 2.75) is 26.7 Å². The Morgan fingerprint density at radius 1 is 1.00 bits per heavy atom. The average Bonchev–Trinajstić information content (AvgIpc) is 2.60. The number of carbonyl (C=O) groups is 2. The summed E-state index contributed by atoms with van der Waals surface area (Å²) in [4.78, 5) is 23.5. The summed E-state index contributed by atoms with van der Waals surface area (Å²) in [7, 11) is 0. The largest absolute Gasteiger partial charge is 0.490 e. The lowest BCUT2D eigenvalue weighted by atomic mass is 10.1. The van der Waals surface area contributed by atoms with Crippen LogP contribution in [-0.4, -0.2) is 24.9 Å². The van der Waals surface area contributed by atoms with Crippen molar-refractivity contribution in [2.24, 2.45) is 0 Å². The highest BCUT2D eigenvalue weighted by Gasteiger charge is 2.11. The number of benzene rings is 2. The molecule has 0 saturated heterocycles. The maximum Gasteiger partial charge on any atom is 0.224 e. The zero-order valence-corrected chi connectivity index (χ0v) is 14.6. The Morgan fingerprint density at radius 3 is 2.40 bits per heavy atom. The van der Waals surface area contributed by atoms with E-state index in [0.717, 1.165) is 12.2 Å². The smallest absolute Gasteiger partial charge is 0.224 e. The van der Waals surface area contributed by atoms with Gasteiger partial charge in [-0.3, -0.25) is 9.59 Å². The summed E-state index contributed by atoms with van der Waals surface area (Å²) < 4.78 is 11.2. The van der Waals surface area contributed by atoms with Crippen molar-refractivity contribution in [3.63, 3.8) is 0 Å². The van der Waals surface area contributed by atoms with E-state index in [1.165, 1.54) is 6.92 Å². The summed E-state index contributed by atoms with van der Waals surface area (Å²) in [6.45, 7) is 4.10. The standard InChI is InChI=1S/C20H23NO4/c1-3-7-20(23)21-16-10-11-19(18(14-16)15(2)22)25-13-12-24-17-8-5-4-6-9-17/h4-6,8-11,14H,3,7,12-13H2,1-2H3,(H,21,23). The molecule has 0 atom stereocenters. The molecule has 25 heavy (non-hydrogen) atoms. The fourth-order valence-electron chi connectivity index (χ4n) is 2.29. The van der Waals surface area contributed by atoms with Crippen molar-refractivity contribution in [2.75, 3.05) is 18.5 Å². The third-order valence-corrected chi connectivity index (χ3v) is 3.47. The van der Waals surface area contributed by atoms with Gasteiger partial charge in [-0.25, -0.2) is 0 Å². The van der Waals surface area contributed by atoms with E-state index in [0.29, 0.717) is 36.6 Å². The number of nitrogens with one attached hydrogen (secondary N) is 1. The lowest BCUT2D eigenvalue weighted by molar-refractivity contribution is -0.116. The third-order valence-electron chi connectivity index (χ3n) is 3.47. The first-order valence-corrected chi connectivity index (χ1v) is 8.35. The Labute approximate surface area is 148 Å². The molecule has 0 radical (unpaired) electrons. The number of ether oxygens (including phenoxy) is 2. The molecule has 1 N–H and O–H groups in total. The molecule has 0 bridgehead atoms. The quantitative estimate of drug-likeness (QED) is 0.551. The average molecular weight is 341 g/mol. The predicted octanol–water partition coefficient (Wildman–Crippen LogP) is 4.09. The molecule has 2 aromatic carbocycles. The molecule has 0 aliphatic heterocycles. The van der Waals surface area contributed by atoms with Crippen LogP contribution in [0.3, 0.4) is 0 Å². The van der Waals surface area contributed by atoms with Crippen molar-refractivity contribution in [3.05, 3.63) is 54.1 Å². The van der Waals surface area contributed by atoms with Crippen molar-refractivity contribution >= 4 is 17.4 Å². The molecule has 0 aromatic heterocycles. The van der Waals surface area contributed by atoms with E-state index < -0.39 is 0 Å². The monoisotopic (exact) mass is 341 g/mol. The summed E-state index contributed by atoms with van der Waals surface area (Å²) in [6, 6.07) is 14.5. The molecule has 1 amide bonds. The minimum atomic E-state index is -0.120. The fraction of sp³-hybridized carbons (Fsp3) is 0.300. The second kappa shape index (κ2) is 9.47. The minimum absolute atomic E-state index is 0.0677. The molecular weight excluding hydrogens is 318 g/mol. The van der Waals surface area contributed by atoms with Crippen molar-refractivity contribution < 1.29 is 19.1 Å².